The molecule has 0 unspecified atom stereocenters. The number of nitrogens with zero attached hydrogens (tertiary/aromatic N) is 5. The van der Waals surface area contributed by atoms with E-state index in [-0.39, 0.29) is 0 Å². The molecule has 3 aromatic heterocycles. The van der Waals surface area contributed by atoms with Crippen molar-refractivity contribution >= 4 is 11.0 Å². The lowest BCUT2D eigenvalue weighted by Gasteiger charge is -2.08. The SMILES string of the molecule is Cc1nc2ccccc2n1CCn1c(-c2cccnc2)noc1=O. The normalized spacial score (nSPS) is 11.2. The Hall–Kier alpha value is -3.22. The quantitative estimate of drug-likeness (QED) is 0.576. The van der Waals surface area contributed by atoms with E-state index in [1.807, 2.05) is 37.3 Å². The summed E-state index contributed by atoms with van der Waals surface area (Å²) in [6.45, 7) is 2.99. The molecule has 0 bridgehead atoms. The highest BCUT2D eigenvalue weighted by atomic mass is 16.5. The molecule has 0 spiro atoms. The van der Waals surface area contributed by atoms with E-state index in [0.717, 1.165) is 22.4 Å². The zero-order valence-corrected chi connectivity index (χ0v) is 13.1. The molecule has 0 N–H and O–H groups in total. The van der Waals surface area contributed by atoms with Crippen molar-refractivity contribution in [1.29, 1.82) is 0 Å². The maximum absolute atomic E-state index is 12.0. The fraction of sp³-hybridized carbons (Fsp3) is 0.176. The Bertz CT molecular complexity index is 1050. The molecule has 0 radical (unpaired) electrons. The van der Waals surface area contributed by atoms with Gasteiger partial charge in [-0.2, -0.15) is 0 Å². The van der Waals surface area contributed by atoms with Crippen LogP contribution in [0.5, 0.6) is 0 Å². The van der Waals surface area contributed by atoms with Crippen LogP contribution in [-0.4, -0.2) is 24.3 Å². The van der Waals surface area contributed by atoms with Crippen molar-refractivity contribution in [1.82, 2.24) is 24.3 Å². The van der Waals surface area contributed by atoms with Crippen LogP contribution >= 0.6 is 0 Å². The molecule has 0 fully saturated rings. The van der Waals surface area contributed by atoms with Crippen LogP contribution in [0.15, 0.2) is 58.1 Å². The van der Waals surface area contributed by atoms with E-state index in [9.17, 15) is 4.79 Å². The summed E-state index contributed by atoms with van der Waals surface area (Å²) >= 11 is 0. The van der Waals surface area contributed by atoms with Crippen LogP contribution in [0.4, 0.5) is 0 Å². The summed E-state index contributed by atoms with van der Waals surface area (Å²) < 4.78 is 8.45. The van der Waals surface area contributed by atoms with E-state index in [0.29, 0.717) is 18.9 Å². The number of aromatic nitrogens is 5. The molecule has 24 heavy (non-hydrogen) atoms. The highest BCUT2D eigenvalue weighted by molar-refractivity contribution is 5.75. The first-order chi connectivity index (χ1) is 11.7. The van der Waals surface area contributed by atoms with Gasteiger partial charge in [0.2, 0.25) is 0 Å². The Balaban J connectivity index is 1.68. The smallest absolute Gasteiger partial charge is 0.326 e. The number of pyridine rings is 1. The molecule has 7 nitrogen and oxygen atoms in total. The van der Waals surface area contributed by atoms with E-state index < -0.39 is 5.76 Å². The van der Waals surface area contributed by atoms with E-state index >= 15 is 0 Å². The van der Waals surface area contributed by atoms with Gasteiger partial charge >= 0.3 is 5.76 Å². The standard InChI is InChI=1S/C17H15N5O2/c1-12-19-14-6-2-3-7-15(14)21(12)9-10-22-16(20-24-17(22)23)13-5-4-8-18-11-13/h2-8,11H,9-10H2,1H3. The van der Waals surface area contributed by atoms with Gasteiger partial charge in [-0.05, 0) is 31.2 Å². The van der Waals surface area contributed by atoms with Crippen LogP contribution in [0, 0.1) is 6.92 Å². The fourth-order valence-electron chi connectivity index (χ4n) is 2.85. The van der Waals surface area contributed by atoms with Crippen LogP contribution in [-0.2, 0) is 13.1 Å². The third-order valence-corrected chi connectivity index (χ3v) is 4.00. The van der Waals surface area contributed by atoms with Gasteiger partial charge in [-0.15, -0.1) is 0 Å². The molecule has 1 aromatic carbocycles. The molecule has 3 heterocycles. The van der Waals surface area contributed by atoms with E-state index in [2.05, 4.69) is 19.7 Å². The number of para-hydroxylation sites is 2. The molecule has 0 saturated heterocycles. The average molecular weight is 321 g/mol. The van der Waals surface area contributed by atoms with Gasteiger partial charge in [-0.3, -0.25) is 14.1 Å². The minimum atomic E-state index is -0.476. The summed E-state index contributed by atoms with van der Waals surface area (Å²) in [5.74, 6) is 0.912. The predicted molar refractivity (Wildman–Crippen MR) is 88.5 cm³/mol. The number of hydrogen-bond donors (Lipinski definition) is 0. The Morgan fingerprint density at radius 1 is 1.08 bits per heavy atom. The third kappa shape index (κ3) is 2.40. The van der Waals surface area contributed by atoms with Crippen molar-refractivity contribution in [3.63, 3.8) is 0 Å². The number of fused-ring (bicyclic) bond motifs is 1. The number of rotatable bonds is 4. The Kier molecular flexibility index (Phi) is 3.45. The van der Waals surface area contributed by atoms with Crippen LogP contribution < -0.4 is 5.76 Å². The molecule has 0 aliphatic carbocycles. The average Bonchev–Trinajstić information content (AvgIpc) is 3.13. The Morgan fingerprint density at radius 2 is 1.92 bits per heavy atom. The summed E-state index contributed by atoms with van der Waals surface area (Å²) in [5.41, 5.74) is 2.73. The van der Waals surface area contributed by atoms with Gasteiger partial charge < -0.3 is 4.57 Å². The fourth-order valence-corrected chi connectivity index (χ4v) is 2.85. The van der Waals surface area contributed by atoms with Crippen molar-refractivity contribution < 1.29 is 4.52 Å². The number of imidazole rings is 1. The molecule has 0 saturated carbocycles. The van der Waals surface area contributed by atoms with E-state index in [1.54, 1.807) is 18.5 Å². The van der Waals surface area contributed by atoms with Crippen LogP contribution in [0.25, 0.3) is 22.4 Å². The van der Waals surface area contributed by atoms with Crippen molar-refractivity contribution in [3.05, 3.63) is 65.2 Å². The lowest BCUT2D eigenvalue weighted by atomic mass is 10.2. The maximum atomic E-state index is 12.0. The molecular formula is C17H15N5O2. The number of aryl methyl sites for hydroxylation is 2. The molecule has 0 amide bonds. The molecule has 7 heteroatoms. The van der Waals surface area contributed by atoms with Crippen LogP contribution in [0.3, 0.4) is 0 Å². The molecule has 4 aromatic rings. The minimum Gasteiger partial charge on any atom is -0.326 e. The molecule has 0 aliphatic heterocycles. The summed E-state index contributed by atoms with van der Waals surface area (Å²) in [7, 11) is 0. The highest BCUT2D eigenvalue weighted by Gasteiger charge is 2.14. The molecular weight excluding hydrogens is 306 g/mol. The Labute approximate surface area is 137 Å². The first-order valence-electron chi connectivity index (χ1n) is 7.63. The van der Waals surface area contributed by atoms with Gasteiger partial charge in [-0.25, -0.2) is 9.78 Å². The Morgan fingerprint density at radius 3 is 2.75 bits per heavy atom. The van der Waals surface area contributed by atoms with Gasteiger partial charge in [0.1, 0.15) is 5.82 Å². The van der Waals surface area contributed by atoms with Crippen molar-refractivity contribution in [2.45, 2.75) is 20.0 Å². The molecule has 0 atom stereocenters. The van der Waals surface area contributed by atoms with Crippen LogP contribution in [0.1, 0.15) is 5.82 Å². The first-order valence-corrected chi connectivity index (χ1v) is 7.63. The summed E-state index contributed by atoms with van der Waals surface area (Å²) in [5, 5.41) is 3.88. The number of benzene rings is 1. The number of hydrogen-bond acceptors (Lipinski definition) is 5. The third-order valence-electron chi connectivity index (χ3n) is 4.00. The van der Waals surface area contributed by atoms with Crippen LogP contribution in [0.2, 0.25) is 0 Å². The topological polar surface area (TPSA) is 78.7 Å². The van der Waals surface area contributed by atoms with Gasteiger partial charge in [0, 0.05) is 31.0 Å². The predicted octanol–water partition coefficient (Wildman–Crippen LogP) is 2.26. The monoisotopic (exact) mass is 321 g/mol. The molecule has 0 aliphatic rings. The van der Waals surface area contributed by atoms with Gasteiger partial charge in [0.05, 0.1) is 11.0 Å². The summed E-state index contributed by atoms with van der Waals surface area (Å²) in [6.07, 6.45) is 3.33. The first kappa shape index (κ1) is 14.4. The molecule has 4 rings (SSSR count). The zero-order chi connectivity index (χ0) is 16.5. The van der Waals surface area contributed by atoms with E-state index in [1.165, 1.54) is 4.57 Å². The van der Waals surface area contributed by atoms with E-state index in [4.69, 9.17) is 4.52 Å². The highest BCUT2D eigenvalue weighted by Crippen LogP contribution is 2.17. The van der Waals surface area contributed by atoms with Crippen molar-refractivity contribution in [2.24, 2.45) is 0 Å². The maximum Gasteiger partial charge on any atom is 0.441 e. The minimum absolute atomic E-state index is 0.438. The summed E-state index contributed by atoms with van der Waals surface area (Å²) in [6, 6.07) is 11.6. The van der Waals surface area contributed by atoms with Gasteiger partial charge in [0.25, 0.3) is 0 Å². The lowest BCUT2D eigenvalue weighted by molar-refractivity contribution is 0.373. The summed E-state index contributed by atoms with van der Waals surface area (Å²) in [4.78, 5) is 20.6. The lowest BCUT2D eigenvalue weighted by Crippen LogP contribution is -2.19. The second-order valence-corrected chi connectivity index (χ2v) is 5.46. The van der Waals surface area contributed by atoms with Crippen molar-refractivity contribution in [3.8, 4) is 11.4 Å². The van der Waals surface area contributed by atoms with Gasteiger partial charge in [0.15, 0.2) is 5.82 Å². The zero-order valence-electron chi connectivity index (χ0n) is 13.1. The second-order valence-electron chi connectivity index (χ2n) is 5.46. The van der Waals surface area contributed by atoms with Crippen molar-refractivity contribution in [2.75, 3.05) is 0 Å². The largest absolute Gasteiger partial charge is 0.441 e. The second kappa shape index (κ2) is 5.77. The van der Waals surface area contributed by atoms with Gasteiger partial charge in [-0.1, -0.05) is 17.3 Å². The molecule has 120 valence electrons.